The second kappa shape index (κ2) is 12.2. The lowest BCUT2D eigenvalue weighted by Crippen LogP contribution is -2.15. The van der Waals surface area contributed by atoms with Gasteiger partial charge in [0.05, 0.1) is 17.7 Å². The van der Waals surface area contributed by atoms with E-state index in [4.69, 9.17) is 9.47 Å². The van der Waals surface area contributed by atoms with E-state index in [1.807, 2.05) is 43.3 Å². The van der Waals surface area contributed by atoms with Crippen molar-refractivity contribution in [1.82, 2.24) is 0 Å². The van der Waals surface area contributed by atoms with E-state index < -0.39 is 5.97 Å². The Morgan fingerprint density at radius 1 is 1.12 bits per heavy atom. The van der Waals surface area contributed by atoms with Gasteiger partial charge in [-0.2, -0.15) is 0 Å². The van der Waals surface area contributed by atoms with Crippen molar-refractivity contribution in [3.63, 3.8) is 0 Å². The minimum Gasteiger partial charge on any atom is -0.492 e. The topological polar surface area (TPSA) is 64.6 Å². The predicted molar refractivity (Wildman–Crippen MR) is 142 cm³/mol. The highest BCUT2D eigenvalue weighted by Gasteiger charge is 2.25. The monoisotopic (exact) mass is 543 g/mol. The Kier molecular flexibility index (Phi) is 9.30. The van der Waals surface area contributed by atoms with E-state index >= 15 is 0 Å². The number of aryl methyl sites for hydroxylation is 1. The summed E-state index contributed by atoms with van der Waals surface area (Å²) in [4.78, 5) is 26.4. The molecule has 3 rings (SSSR count). The first-order valence-electron chi connectivity index (χ1n) is 11.4. The molecule has 3 aromatic rings. The molecular formula is C27H30BrNO4S. The van der Waals surface area contributed by atoms with Gasteiger partial charge in [0.2, 0.25) is 5.91 Å². The van der Waals surface area contributed by atoms with Crippen LogP contribution >= 0.6 is 27.3 Å². The van der Waals surface area contributed by atoms with Gasteiger partial charge in [0, 0.05) is 16.9 Å². The van der Waals surface area contributed by atoms with Crippen molar-refractivity contribution in [3.05, 3.63) is 69.0 Å². The molecule has 1 aromatic heterocycles. The minimum atomic E-state index is -0.431. The Hall–Kier alpha value is -2.64. The maximum absolute atomic E-state index is 12.8. The Morgan fingerprint density at radius 3 is 2.50 bits per heavy atom. The van der Waals surface area contributed by atoms with Crippen LogP contribution in [0.5, 0.6) is 5.75 Å². The highest BCUT2D eigenvalue weighted by molar-refractivity contribution is 9.10. The van der Waals surface area contributed by atoms with E-state index in [2.05, 4.69) is 47.2 Å². The number of amides is 1. The standard InChI is InChI=1S/C27H30BrNO4S/c1-5-32-27(31)25-24(19-10-7-6-8-11-19)18(4)34-26(25)29-23(30)12-9-15-33-22-14-13-20(17(2)3)16-21(22)28/h6-8,10-11,13-14,16-17H,5,9,12,15H2,1-4H3,(H,29,30). The number of carbonyl (C=O) groups is 2. The number of hydrogen-bond acceptors (Lipinski definition) is 5. The lowest BCUT2D eigenvalue weighted by molar-refractivity contribution is -0.116. The summed E-state index contributed by atoms with van der Waals surface area (Å²) in [5, 5.41) is 3.45. The summed E-state index contributed by atoms with van der Waals surface area (Å²) < 4.78 is 12.1. The Balaban J connectivity index is 1.65. The number of carbonyl (C=O) groups excluding carboxylic acids is 2. The molecular weight excluding hydrogens is 514 g/mol. The van der Waals surface area contributed by atoms with Crippen LogP contribution in [-0.4, -0.2) is 25.1 Å². The van der Waals surface area contributed by atoms with Gasteiger partial charge in [0.15, 0.2) is 0 Å². The van der Waals surface area contributed by atoms with Gasteiger partial charge in [0.25, 0.3) is 0 Å². The summed E-state index contributed by atoms with van der Waals surface area (Å²) in [6.45, 7) is 8.68. The van der Waals surface area contributed by atoms with E-state index in [0.29, 0.717) is 29.5 Å². The molecule has 34 heavy (non-hydrogen) atoms. The number of halogens is 1. The molecule has 0 spiro atoms. The average molecular weight is 545 g/mol. The Morgan fingerprint density at radius 2 is 1.85 bits per heavy atom. The number of benzene rings is 2. The zero-order valence-corrected chi connectivity index (χ0v) is 22.3. The highest BCUT2D eigenvalue weighted by Crippen LogP contribution is 2.40. The normalized spacial score (nSPS) is 10.9. The molecule has 1 amide bonds. The fourth-order valence-electron chi connectivity index (χ4n) is 3.58. The van der Waals surface area contributed by atoms with Gasteiger partial charge in [-0.3, -0.25) is 4.79 Å². The number of rotatable bonds is 10. The second-order valence-electron chi connectivity index (χ2n) is 8.17. The summed E-state index contributed by atoms with van der Waals surface area (Å²) in [7, 11) is 0. The largest absolute Gasteiger partial charge is 0.492 e. The maximum Gasteiger partial charge on any atom is 0.341 e. The van der Waals surface area contributed by atoms with Gasteiger partial charge in [-0.1, -0.05) is 50.2 Å². The van der Waals surface area contributed by atoms with E-state index in [1.165, 1.54) is 16.9 Å². The molecule has 0 aliphatic heterocycles. The van der Waals surface area contributed by atoms with Crippen molar-refractivity contribution >= 4 is 44.1 Å². The number of ether oxygens (including phenoxy) is 2. The molecule has 0 radical (unpaired) electrons. The van der Waals surface area contributed by atoms with Crippen molar-refractivity contribution in [2.75, 3.05) is 18.5 Å². The molecule has 5 nitrogen and oxygen atoms in total. The zero-order chi connectivity index (χ0) is 24.7. The molecule has 0 atom stereocenters. The smallest absolute Gasteiger partial charge is 0.341 e. The van der Waals surface area contributed by atoms with Crippen molar-refractivity contribution < 1.29 is 19.1 Å². The first-order valence-corrected chi connectivity index (χ1v) is 13.0. The van der Waals surface area contributed by atoms with Gasteiger partial charge in [-0.05, 0) is 65.4 Å². The quantitative estimate of drug-likeness (QED) is 0.211. The van der Waals surface area contributed by atoms with Crippen LogP contribution in [0.4, 0.5) is 5.00 Å². The van der Waals surface area contributed by atoms with Gasteiger partial charge in [0.1, 0.15) is 16.3 Å². The molecule has 7 heteroatoms. The first-order chi connectivity index (χ1) is 16.3. The fourth-order valence-corrected chi connectivity index (χ4v) is 5.17. The van der Waals surface area contributed by atoms with Gasteiger partial charge in [-0.25, -0.2) is 4.79 Å². The third kappa shape index (κ3) is 6.48. The highest BCUT2D eigenvalue weighted by atomic mass is 79.9. The van der Waals surface area contributed by atoms with Crippen LogP contribution in [0.15, 0.2) is 53.0 Å². The number of anilines is 1. The van der Waals surface area contributed by atoms with Gasteiger partial charge < -0.3 is 14.8 Å². The van der Waals surface area contributed by atoms with Crippen LogP contribution in [0, 0.1) is 6.92 Å². The maximum atomic E-state index is 12.8. The third-order valence-electron chi connectivity index (χ3n) is 5.31. The lowest BCUT2D eigenvalue weighted by Gasteiger charge is -2.12. The van der Waals surface area contributed by atoms with E-state index in [1.54, 1.807) is 6.92 Å². The summed E-state index contributed by atoms with van der Waals surface area (Å²) in [5.74, 6) is 0.607. The molecule has 0 aliphatic carbocycles. The zero-order valence-electron chi connectivity index (χ0n) is 19.9. The predicted octanol–water partition coefficient (Wildman–Crippen LogP) is 7.58. The lowest BCUT2D eigenvalue weighted by atomic mass is 10.0. The van der Waals surface area contributed by atoms with Crippen molar-refractivity contribution in [3.8, 4) is 16.9 Å². The van der Waals surface area contributed by atoms with Crippen molar-refractivity contribution in [2.45, 2.75) is 46.5 Å². The van der Waals surface area contributed by atoms with E-state index in [-0.39, 0.29) is 18.9 Å². The third-order valence-corrected chi connectivity index (χ3v) is 6.95. The first kappa shape index (κ1) is 26.0. The second-order valence-corrected chi connectivity index (χ2v) is 10.2. The van der Waals surface area contributed by atoms with Gasteiger partial charge >= 0.3 is 5.97 Å². The minimum absolute atomic E-state index is 0.163. The molecule has 0 saturated heterocycles. The van der Waals surface area contributed by atoms with Crippen LogP contribution < -0.4 is 10.1 Å². The van der Waals surface area contributed by atoms with Crippen LogP contribution in [0.3, 0.4) is 0 Å². The summed E-state index contributed by atoms with van der Waals surface area (Å²) in [6, 6.07) is 15.7. The van der Waals surface area contributed by atoms with E-state index in [9.17, 15) is 9.59 Å². The summed E-state index contributed by atoms with van der Waals surface area (Å²) in [6.07, 6.45) is 0.830. The SMILES string of the molecule is CCOC(=O)c1c(NC(=O)CCCOc2ccc(C(C)C)cc2Br)sc(C)c1-c1ccccc1. The molecule has 0 bridgehead atoms. The number of esters is 1. The summed E-state index contributed by atoms with van der Waals surface area (Å²) >= 11 is 4.95. The molecule has 1 heterocycles. The fraction of sp³-hybridized carbons (Fsp3) is 0.333. The van der Waals surface area contributed by atoms with Gasteiger partial charge in [-0.15, -0.1) is 11.3 Å². The van der Waals surface area contributed by atoms with Crippen LogP contribution in [0.25, 0.3) is 11.1 Å². The number of nitrogens with one attached hydrogen (secondary N) is 1. The van der Waals surface area contributed by atoms with Crippen molar-refractivity contribution in [2.24, 2.45) is 0 Å². The molecule has 0 saturated carbocycles. The van der Waals surface area contributed by atoms with Crippen LogP contribution in [0.2, 0.25) is 0 Å². The molecule has 1 N–H and O–H groups in total. The Bertz CT molecular complexity index is 1140. The number of hydrogen-bond donors (Lipinski definition) is 1. The van der Waals surface area contributed by atoms with Crippen molar-refractivity contribution in [1.29, 1.82) is 0 Å². The Labute approximate surface area is 213 Å². The molecule has 180 valence electrons. The molecule has 0 unspecified atom stereocenters. The average Bonchev–Trinajstić information content (AvgIpc) is 3.13. The van der Waals surface area contributed by atoms with E-state index in [0.717, 1.165) is 26.2 Å². The molecule has 2 aromatic carbocycles. The molecule has 0 aliphatic rings. The van der Waals surface area contributed by atoms with Crippen LogP contribution in [0.1, 0.15) is 60.3 Å². The molecule has 0 fully saturated rings. The van der Waals surface area contributed by atoms with Crippen LogP contribution in [-0.2, 0) is 9.53 Å². The summed E-state index contributed by atoms with van der Waals surface area (Å²) in [5.41, 5.74) is 3.37. The number of thiophene rings is 1.